The summed E-state index contributed by atoms with van der Waals surface area (Å²) in [4.78, 5) is 0.314. The van der Waals surface area contributed by atoms with Gasteiger partial charge in [-0.15, -0.1) is 11.3 Å². The van der Waals surface area contributed by atoms with E-state index in [1.165, 1.54) is 11.3 Å². The van der Waals surface area contributed by atoms with Gasteiger partial charge in [0.2, 0.25) is 0 Å². The fourth-order valence-corrected chi connectivity index (χ4v) is 3.64. The lowest BCUT2D eigenvalue weighted by molar-refractivity contribution is -0.00988. The Balaban J connectivity index is 2.47. The SMILES string of the molecule is FC1(F)CCCCc2cc(I)sc21. The second-order valence-electron chi connectivity index (χ2n) is 3.32. The third kappa shape index (κ3) is 1.88. The van der Waals surface area contributed by atoms with Crippen LogP contribution in [0, 0.1) is 2.88 Å². The summed E-state index contributed by atoms with van der Waals surface area (Å²) < 4.78 is 27.9. The minimum Gasteiger partial charge on any atom is -0.200 e. The molecule has 4 heteroatoms. The Morgan fingerprint density at radius 1 is 1.38 bits per heavy atom. The van der Waals surface area contributed by atoms with Crippen LogP contribution in [0.3, 0.4) is 0 Å². The van der Waals surface area contributed by atoms with E-state index >= 15 is 0 Å². The molecule has 1 aromatic heterocycles. The Labute approximate surface area is 93.5 Å². The van der Waals surface area contributed by atoms with Gasteiger partial charge in [0.05, 0.1) is 7.76 Å². The molecule has 0 saturated carbocycles. The van der Waals surface area contributed by atoms with Crippen molar-refractivity contribution in [3.8, 4) is 0 Å². The molecule has 0 bridgehead atoms. The van der Waals surface area contributed by atoms with Crippen LogP contribution in [0.1, 0.15) is 29.7 Å². The largest absolute Gasteiger partial charge is 0.282 e. The normalized spacial score (nSPS) is 20.8. The fourth-order valence-electron chi connectivity index (χ4n) is 1.67. The number of hydrogen-bond donors (Lipinski definition) is 0. The van der Waals surface area contributed by atoms with Gasteiger partial charge in [0.15, 0.2) is 0 Å². The van der Waals surface area contributed by atoms with Crippen LogP contribution >= 0.6 is 33.9 Å². The molecular weight excluding hydrogens is 305 g/mol. The highest BCUT2D eigenvalue weighted by Gasteiger charge is 2.36. The second kappa shape index (κ2) is 3.46. The Hall–Kier alpha value is 0.290. The van der Waals surface area contributed by atoms with E-state index in [0.717, 1.165) is 21.3 Å². The molecule has 0 aromatic carbocycles. The van der Waals surface area contributed by atoms with Gasteiger partial charge in [0.25, 0.3) is 5.92 Å². The van der Waals surface area contributed by atoms with Gasteiger partial charge < -0.3 is 0 Å². The smallest absolute Gasteiger partial charge is 0.200 e. The molecule has 0 nitrogen and oxygen atoms in total. The summed E-state index contributed by atoms with van der Waals surface area (Å²) in [6.07, 6.45) is 2.39. The molecule has 1 aliphatic rings. The Morgan fingerprint density at radius 3 is 2.92 bits per heavy atom. The first-order chi connectivity index (χ1) is 6.09. The van der Waals surface area contributed by atoms with Crippen molar-refractivity contribution in [2.24, 2.45) is 0 Å². The first-order valence-corrected chi connectivity index (χ1v) is 6.15. The molecule has 0 unspecified atom stereocenters. The predicted molar refractivity (Wildman–Crippen MR) is 58.5 cm³/mol. The van der Waals surface area contributed by atoms with E-state index in [9.17, 15) is 8.78 Å². The van der Waals surface area contributed by atoms with Crippen molar-refractivity contribution in [2.45, 2.75) is 31.6 Å². The number of fused-ring (bicyclic) bond motifs is 1. The van der Waals surface area contributed by atoms with Gasteiger partial charge >= 0.3 is 0 Å². The van der Waals surface area contributed by atoms with Crippen LogP contribution in [-0.2, 0) is 12.3 Å². The standard InChI is InChI=1S/C9H9F2IS/c10-9(11)4-2-1-3-6-5-7(12)13-8(6)9/h5H,1-4H2. The van der Waals surface area contributed by atoms with Gasteiger partial charge in [-0.05, 0) is 53.5 Å². The number of alkyl halides is 2. The number of thiophene rings is 1. The van der Waals surface area contributed by atoms with E-state index < -0.39 is 5.92 Å². The minimum absolute atomic E-state index is 0.0244. The minimum atomic E-state index is -2.57. The fraction of sp³-hybridized carbons (Fsp3) is 0.556. The molecule has 1 heterocycles. The maximum absolute atomic E-state index is 13.5. The number of halogens is 3. The summed E-state index contributed by atoms with van der Waals surface area (Å²) in [5, 5.41) is 0. The monoisotopic (exact) mass is 314 g/mol. The lowest BCUT2D eigenvalue weighted by Crippen LogP contribution is -2.10. The molecule has 0 N–H and O–H groups in total. The first kappa shape index (κ1) is 9.83. The van der Waals surface area contributed by atoms with Crippen molar-refractivity contribution in [3.63, 3.8) is 0 Å². The summed E-state index contributed by atoms with van der Waals surface area (Å²) in [5.74, 6) is -2.57. The zero-order valence-corrected chi connectivity index (χ0v) is 9.92. The van der Waals surface area contributed by atoms with Crippen molar-refractivity contribution in [2.75, 3.05) is 0 Å². The van der Waals surface area contributed by atoms with E-state index in [0.29, 0.717) is 11.3 Å². The molecule has 2 rings (SSSR count). The Kier molecular flexibility index (Phi) is 2.61. The third-order valence-corrected chi connectivity index (χ3v) is 4.35. The van der Waals surface area contributed by atoms with Gasteiger partial charge in [-0.25, -0.2) is 8.78 Å². The predicted octanol–water partition coefficient (Wildman–Crippen LogP) is 4.17. The van der Waals surface area contributed by atoms with Crippen LogP contribution < -0.4 is 0 Å². The third-order valence-electron chi connectivity index (χ3n) is 2.30. The van der Waals surface area contributed by atoms with E-state index in [1.807, 2.05) is 6.07 Å². The van der Waals surface area contributed by atoms with Crippen molar-refractivity contribution >= 4 is 33.9 Å². The lowest BCUT2D eigenvalue weighted by atomic mass is 10.1. The molecule has 0 radical (unpaired) electrons. The number of rotatable bonds is 0. The van der Waals surface area contributed by atoms with Crippen LogP contribution in [0.15, 0.2) is 6.07 Å². The lowest BCUT2D eigenvalue weighted by Gasteiger charge is -2.12. The van der Waals surface area contributed by atoms with E-state index in [2.05, 4.69) is 22.6 Å². The Bertz CT molecular complexity index is 319. The van der Waals surface area contributed by atoms with Crippen LogP contribution in [0.4, 0.5) is 8.78 Å². The van der Waals surface area contributed by atoms with Crippen molar-refractivity contribution in [1.29, 1.82) is 0 Å². The van der Waals surface area contributed by atoms with Crippen molar-refractivity contribution in [3.05, 3.63) is 19.4 Å². The highest BCUT2D eigenvalue weighted by molar-refractivity contribution is 14.1. The topological polar surface area (TPSA) is 0 Å². The van der Waals surface area contributed by atoms with Crippen LogP contribution in [-0.4, -0.2) is 0 Å². The van der Waals surface area contributed by atoms with Gasteiger partial charge in [-0.2, -0.15) is 0 Å². The first-order valence-electron chi connectivity index (χ1n) is 4.26. The molecule has 13 heavy (non-hydrogen) atoms. The molecular formula is C9H9F2IS. The second-order valence-corrected chi connectivity index (χ2v) is 6.26. The highest BCUT2D eigenvalue weighted by Crippen LogP contribution is 2.43. The maximum atomic E-state index is 13.5. The Morgan fingerprint density at radius 2 is 2.15 bits per heavy atom. The average Bonchev–Trinajstić information content (AvgIpc) is 2.36. The highest BCUT2D eigenvalue weighted by atomic mass is 127. The van der Waals surface area contributed by atoms with Gasteiger partial charge in [0, 0.05) is 6.42 Å². The van der Waals surface area contributed by atoms with Gasteiger partial charge in [-0.3, -0.25) is 0 Å². The number of aryl methyl sites for hydroxylation is 1. The van der Waals surface area contributed by atoms with Crippen molar-refractivity contribution < 1.29 is 8.78 Å². The quantitative estimate of drug-likeness (QED) is 0.498. The molecule has 1 aliphatic carbocycles. The molecule has 0 spiro atoms. The van der Waals surface area contributed by atoms with Gasteiger partial charge in [0.1, 0.15) is 0 Å². The molecule has 72 valence electrons. The molecule has 0 fully saturated rings. The summed E-state index contributed by atoms with van der Waals surface area (Å²) in [6.45, 7) is 0. The number of hydrogen-bond acceptors (Lipinski definition) is 1. The molecule has 0 aliphatic heterocycles. The average molecular weight is 314 g/mol. The molecule has 0 atom stereocenters. The van der Waals surface area contributed by atoms with Crippen molar-refractivity contribution in [1.82, 2.24) is 0 Å². The zero-order valence-electron chi connectivity index (χ0n) is 6.95. The maximum Gasteiger partial charge on any atom is 0.282 e. The molecule has 1 aromatic rings. The summed E-state index contributed by atoms with van der Waals surface area (Å²) in [5.41, 5.74) is 0.872. The van der Waals surface area contributed by atoms with E-state index in [-0.39, 0.29) is 6.42 Å². The van der Waals surface area contributed by atoms with Gasteiger partial charge in [-0.1, -0.05) is 0 Å². The van der Waals surface area contributed by atoms with E-state index in [1.54, 1.807) is 0 Å². The summed E-state index contributed by atoms with van der Waals surface area (Å²) in [6, 6.07) is 1.90. The zero-order chi connectivity index (χ0) is 9.47. The van der Waals surface area contributed by atoms with Crippen LogP contribution in [0.25, 0.3) is 0 Å². The van der Waals surface area contributed by atoms with Crippen LogP contribution in [0.2, 0.25) is 0 Å². The summed E-state index contributed by atoms with van der Waals surface area (Å²) in [7, 11) is 0. The summed E-state index contributed by atoms with van der Waals surface area (Å²) >= 11 is 3.36. The van der Waals surface area contributed by atoms with E-state index in [4.69, 9.17) is 0 Å². The van der Waals surface area contributed by atoms with Crippen LogP contribution in [0.5, 0.6) is 0 Å². The molecule has 0 saturated heterocycles. The molecule has 0 amide bonds.